The van der Waals surface area contributed by atoms with Gasteiger partial charge in [0.15, 0.2) is 0 Å². The summed E-state index contributed by atoms with van der Waals surface area (Å²) < 4.78 is 5.89. The molecule has 1 aliphatic rings. The molecule has 0 amide bonds. The Morgan fingerprint density at radius 3 is 2.45 bits per heavy atom. The van der Waals surface area contributed by atoms with Crippen molar-refractivity contribution in [2.24, 2.45) is 5.73 Å². The van der Waals surface area contributed by atoms with Crippen LogP contribution >= 0.6 is 0 Å². The fraction of sp³-hybridized carbons (Fsp3) is 0.500. The fourth-order valence-electron chi connectivity index (χ4n) is 2.82. The van der Waals surface area contributed by atoms with Gasteiger partial charge in [-0.15, -0.1) is 0 Å². The van der Waals surface area contributed by atoms with Gasteiger partial charge in [-0.1, -0.05) is 31.4 Å². The van der Waals surface area contributed by atoms with Gasteiger partial charge in [0, 0.05) is 0 Å². The molecular weight excluding hydrogens is 250 g/mol. The van der Waals surface area contributed by atoms with Crippen molar-refractivity contribution in [2.75, 3.05) is 6.61 Å². The molecule has 1 aromatic carbocycles. The Bertz CT molecular complexity index is 606. The number of aromatic nitrogens is 2. The van der Waals surface area contributed by atoms with Crippen LogP contribution in [0.15, 0.2) is 24.3 Å². The lowest BCUT2D eigenvalue weighted by molar-refractivity contribution is 0.168. The SMILES string of the molecule is Cc1nc2ccccc2nc1OCC1(N)CCCCC1. The second-order valence-electron chi connectivity index (χ2n) is 5.81. The van der Waals surface area contributed by atoms with Crippen LogP contribution in [0.4, 0.5) is 0 Å². The van der Waals surface area contributed by atoms with Crippen molar-refractivity contribution < 1.29 is 4.74 Å². The summed E-state index contributed by atoms with van der Waals surface area (Å²) in [5.41, 5.74) is 8.79. The third kappa shape index (κ3) is 2.75. The van der Waals surface area contributed by atoms with Gasteiger partial charge in [-0.3, -0.25) is 0 Å². The molecule has 0 saturated heterocycles. The van der Waals surface area contributed by atoms with Gasteiger partial charge in [0.05, 0.1) is 16.6 Å². The number of para-hydroxylation sites is 2. The number of rotatable bonds is 3. The molecule has 4 nitrogen and oxygen atoms in total. The van der Waals surface area contributed by atoms with Crippen LogP contribution in [0.5, 0.6) is 5.88 Å². The summed E-state index contributed by atoms with van der Waals surface area (Å²) in [7, 11) is 0. The maximum atomic E-state index is 6.40. The summed E-state index contributed by atoms with van der Waals surface area (Å²) in [4.78, 5) is 9.08. The van der Waals surface area contributed by atoms with Crippen molar-refractivity contribution in [2.45, 2.75) is 44.6 Å². The van der Waals surface area contributed by atoms with Gasteiger partial charge < -0.3 is 10.5 Å². The average molecular weight is 271 g/mol. The normalized spacial score (nSPS) is 18.1. The van der Waals surface area contributed by atoms with E-state index in [4.69, 9.17) is 10.5 Å². The van der Waals surface area contributed by atoms with E-state index < -0.39 is 0 Å². The van der Waals surface area contributed by atoms with Crippen molar-refractivity contribution >= 4 is 11.0 Å². The molecule has 1 heterocycles. The predicted molar refractivity (Wildman–Crippen MR) is 79.8 cm³/mol. The van der Waals surface area contributed by atoms with Crippen LogP contribution in [-0.4, -0.2) is 22.1 Å². The molecule has 0 atom stereocenters. The number of aryl methyl sites for hydroxylation is 1. The topological polar surface area (TPSA) is 61.0 Å². The molecular formula is C16H21N3O. The largest absolute Gasteiger partial charge is 0.474 e. The van der Waals surface area contributed by atoms with E-state index in [0.717, 1.165) is 29.6 Å². The zero-order chi connectivity index (χ0) is 14.0. The summed E-state index contributed by atoms with van der Waals surface area (Å²) in [6, 6.07) is 7.84. The zero-order valence-corrected chi connectivity index (χ0v) is 11.9. The first-order valence-electron chi connectivity index (χ1n) is 7.31. The first kappa shape index (κ1) is 13.3. The zero-order valence-electron chi connectivity index (χ0n) is 11.9. The van der Waals surface area contributed by atoms with E-state index in [1.54, 1.807) is 0 Å². The van der Waals surface area contributed by atoms with Gasteiger partial charge in [-0.2, -0.15) is 0 Å². The Hall–Kier alpha value is -1.68. The second-order valence-corrected chi connectivity index (χ2v) is 5.81. The van der Waals surface area contributed by atoms with E-state index in [0.29, 0.717) is 12.5 Å². The predicted octanol–water partition coefficient (Wildman–Crippen LogP) is 2.98. The van der Waals surface area contributed by atoms with Gasteiger partial charge in [0.25, 0.3) is 0 Å². The molecule has 3 rings (SSSR count). The van der Waals surface area contributed by atoms with Crippen LogP contribution in [0.1, 0.15) is 37.8 Å². The Morgan fingerprint density at radius 1 is 1.10 bits per heavy atom. The molecule has 1 fully saturated rings. The van der Waals surface area contributed by atoms with Gasteiger partial charge in [0.1, 0.15) is 12.3 Å². The van der Waals surface area contributed by atoms with Gasteiger partial charge in [0.2, 0.25) is 5.88 Å². The molecule has 2 aromatic rings. The van der Waals surface area contributed by atoms with Gasteiger partial charge >= 0.3 is 0 Å². The van der Waals surface area contributed by atoms with Crippen LogP contribution < -0.4 is 10.5 Å². The molecule has 1 aliphatic carbocycles. The highest BCUT2D eigenvalue weighted by molar-refractivity contribution is 5.74. The van der Waals surface area contributed by atoms with E-state index in [1.807, 2.05) is 31.2 Å². The third-order valence-corrected chi connectivity index (χ3v) is 4.05. The third-order valence-electron chi connectivity index (χ3n) is 4.05. The molecule has 1 aromatic heterocycles. The van der Waals surface area contributed by atoms with Crippen LogP contribution in [-0.2, 0) is 0 Å². The van der Waals surface area contributed by atoms with E-state index in [9.17, 15) is 0 Å². The maximum Gasteiger partial charge on any atom is 0.236 e. The molecule has 0 spiro atoms. The highest BCUT2D eigenvalue weighted by atomic mass is 16.5. The highest BCUT2D eigenvalue weighted by Crippen LogP contribution is 2.27. The number of fused-ring (bicyclic) bond motifs is 1. The van der Waals surface area contributed by atoms with Crippen LogP contribution in [0, 0.1) is 6.92 Å². The molecule has 0 radical (unpaired) electrons. The summed E-state index contributed by atoms with van der Waals surface area (Å²) in [6.07, 6.45) is 5.75. The Balaban J connectivity index is 1.78. The second kappa shape index (κ2) is 5.37. The molecule has 20 heavy (non-hydrogen) atoms. The molecule has 106 valence electrons. The molecule has 4 heteroatoms. The highest BCUT2D eigenvalue weighted by Gasteiger charge is 2.28. The summed E-state index contributed by atoms with van der Waals surface area (Å²) in [5, 5.41) is 0. The minimum absolute atomic E-state index is 0.196. The minimum Gasteiger partial charge on any atom is -0.474 e. The van der Waals surface area contributed by atoms with E-state index in [-0.39, 0.29) is 5.54 Å². The number of hydrogen-bond donors (Lipinski definition) is 1. The smallest absolute Gasteiger partial charge is 0.236 e. The fourth-order valence-corrected chi connectivity index (χ4v) is 2.82. The average Bonchev–Trinajstić information content (AvgIpc) is 2.46. The van der Waals surface area contributed by atoms with Crippen molar-refractivity contribution in [1.29, 1.82) is 0 Å². The number of benzene rings is 1. The number of hydrogen-bond acceptors (Lipinski definition) is 4. The number of ether oxygens (including phenoxy) is 1. The minimum atomic E-state index is -0.196. The first-order chi connectivity index (χ1) is 9.66. The molecule has 2 N–H and O–H groups in total. The Kier molecular flexibility index (Phi) is 3.57. The Labute approximate surface area is 119 Å². The summed E-state index contributed by atoms with van der Waals surface area (Å²) in [6.45, 7) is 2.46. The van der Waals surface area contributed by atoms with Crippen LogP contribution in [0.3, 0.4) is 0 Å². The van der Waals surface area contributed by atoms with Crippen molar-refractivity contribution in [1.82, 2.24) is 9.97 Å². The molecule has 0 unspecified atom stereocenters. The quantitative estimate of drug-likeness (QED) is 0.932. The van der Waals surface area contributed by atoms with E-state index in [2.05, 4.69) is 9.97 Å². The van der Waals surface area contributed by atoms with Crippen molar-refractivity contribution in [3.8, 4) is 5.88 Å². The lowest BCUT2D eigenvalue weighted by Gasteiger charge is -2.32. The van der Waals surface area contributed by atoms with Gasteiger partial charge in [-0.25, -0.2) is 9.97 Å². The Morgan fingerprint density at radius 2 is 1.75 bits per heavy atom. The molecule has 0 aliphatic heterocycles. The standard InChI is InChI=1S/C16H21N3O/c1-12-15(19-14-8-4-3-7-13(14)18-12)20-11-16(17)9-5-2-6-10-16/h3-4,7-8H,2,5-6,9-11,17H2,1H3. The molecule has 1 saturated carbocycles. The van der Waals surface area contributed by atoms with E-state index in [1.165, 1.54) is 19.3 Å². The van der Waals surface area contributed by atoms with Crippen molar-refractivity contribution in [3.05, 3.63) is 30.0 Å². The number of nitrogens with two attached hydrogens (primary N) is 1. The van der Waals surface area contributed by atoms with Crippen molar-refractivity contribution in [3.63, 3.8) is 0 Å². The van der Waals surface area contributed by atoms with Gasteiger partial charge in [-0.05, 0) is 31.9 Å². The number of nitrogens with zero attached hydrogens (tertiary/aromatic N) is 2. The first-order valence-corrected chi connectivity index (χ1v) is 7.31. The maximum absolute atomic E-state index is 6.40. The summed E-state index contributed by atoms with van der Waals surface area (Å²) >= 11 is 0. The summed E-state index contributed by atoms with van der Waals surface area (Å²) in [5.74, 6) is 0.610. The lowest BCUT2D eigenvalue weighted by atomic mass is 9.83. The lowest BCUT2D eigenvalue weighted by Crippen LogP contribution is -2.47. The van der Waals surface area contributed by atoms with E-state index >= 15 is 0 Å². The molecule has 0 bridgehead atoms. The van der Waals surface area contributed by atoms with Crippen LogP contribution in [0.2, 0.25) is 0 Å². The monoisotopic (exact) mass is 271 g/mol. The van der Waals surface area contributed by atoms with Crippen LogP contribution in [0.25, 0.3) is 11.0 Å².